The SMILES string of the molecule is COCC1CCN(c2nncc(-c3ccc(C4CCCCC4)cc3)n2)C1. The number of hydrogen-bond acceptors (Lipinski definition) is 5. The largest absolute Gasteiger partial charge is 0.384 e. The van der Waals surface area contributed by atoms with Crippen molar-refractivity contribution >= 4 is 5.95 Å². The molecule has 1 aromatic heterocycles. The van der Waals surface area contributed by atoms with Gasteiger partial charge in [0.15, 0.2) is 0 Å². The highest BCUT2D eigenvalue weighted by Gasteiger charge is 2.24. The van der Waals surface area contributed by atoms with E-state index in [-0.39, 0.29) is 0 Å². The second-order valence-electron chi connectivity index (χ2n) is 7.65. The molecular formula is C21H28N4O. The van der Waals surface area contributed by atoms with Crippen molar-refractivity contribution in [3.8, 4) is 11.3 Å². The lowest BCUT2D eigenvalue weighted by atomic mass is 9.84. The number of rotatable bonds is 5. The molecule has 1 saturated heterocycles. The summed E-state index contributed by atoms with van der Waals surface area (Å²) in [5.41, 5.74) is 3.49. The van der Waals surface area contributed by atoms with Gasteiger partial charge in [-0.25, -0.2) is 4.98 Å². The van der Waals surface area contributed by atoms with Crippen LogP contribution in [-0.4, -0.2) is 42.0 Å². The lowest BCUT2D eigenvalue weighted by molar-refractivity contribution is 0.161. The molecule has 0 spiro atoms. The highest BCUT2D eigenvalue weighted by molar-refractivity contribution is 5.59. The van der Waals surface area contributed by atoms with Gasteiger partial charge < -0.3 is 9.64 Å². The highest BCUT2D eigenvalue weighted by Crippen LogP contribution is 2.33. The van der Waals surface area contributed by atoms with Gasteiger partial charge >= 0.3 is 0 Å². The Bertz CT molecular complexity index is 712. The van der Waals surface area contributed by atoms with E-state index in [0.29, 0.717) is 5.92 Å². The molecule has 0 bridgehead atoms. The Morgan fingerprint density at radius 1 is 1.08 bits per heavy atom. The lowest BCUT2D eigenvalue weighted by Crippen LogP contribution is -2.23. The Hall–Kier alpha value is -2.01. The topological polar surface area (TPSA) is 51.1 Å². The molecule has 1 saturated carbocycles. The molecule has 1 aromatic carbocycles. The van der Waals surface area contributed by atoms with Gasteiger partial charge in [0.1, 0.15) is 0 Å². The summed E-state index contributed by atoms with van der Waals surface area (Å²) in [5.74, 6) is 2.03. The minimum Gasteiger partial charge on any atom is -0.384 e. The number of nitrogens with zero attached hydrogens (tertiary/aromatic N) is 4. The van der Waals surface area contributed by atoms with Crippen molar-refractivity contribution < 1.29 is 4.74 Å². The van der Waals surface area contributed by atoms with Crippen LogP contribution in [0.25, 0.3) is 11.3 Å². The van der Waals surface area contributed by atoms with Gasteiger partial charge in [0.05, 0.1) is 18.5 Å². The maximum atomic E-state index is 5.28. The molecule has 2 fully saturated rings. The minimum atomic E-state index is 0.557. The molecule has 5 nitrogen and oxygen atoms in total. The van der Waals surface area contributed by atoms with Gasteiger partial charge in [0, 0.05) is 31.7 Å². The predicted molar refractivity (Wildman–Crippen MR) is 103 cm³/mol. The van der Waals surface area contributed by atoms with Gasteiger partial charge in [-0.05, 0) is 30.7 Å². The molecule has 2 aromatic rings. The zero-order chi connectivity index (χ0) is 17.8. The molecule has 5 heteroatoms. The monoisotopic (exact) mass is 352 g/mol. The van der Waals surface area contributed by atoms with Gasteiger partial charge in [0.2, 0.25) is 5.95 Å². The maximum Gasteiger partial charge on any atom is 0.245 e. The second-order valence-corrected chi connectivity index (χ2v) is 7.65. The Morgan fingerprint density at radius 2 is 1.88 bits per heavy atom. The number of methoxy groups -OCH3 is 1. The molecule has 26 heavy (non-hydrogen) atoms. The first-order valence-corrected chi connectivity index (χ1v) is 9.87. The van der Waals surface area contributed by atoms with Crippen molar-refractivity contribution in [1.82, 2.24) is 15.2 Å². The first-order chi connectivity index (χ1) is 12.8. The molecule has 0 radical (unpaired) electrons. The van der Waals surface area contributed by atoms with Gasteiger partial charge in [-0.2, -0.15) is 5.10 Å². The van der Waals surface area contributed by atoms with E-state index in [4.69, 9.17) is 9.72 Å². The number of anilines is 1. The predicted octanol–water partition coefficient (Wildman–Crippen LogP) is 4.06. The molecule has 4 rings (SSSR count). The molecule has 2 heterocycles. The molecule has 1 unspecified atom stereocenters. The Morgan fingerprint density at radius 3 is 2.65 bits per heavy atom. The standard InChI is InChI=1S/C21H28N4O/c1-26-15-16-11-12-25(14-16)21-23-20(13-22-24-21)19-9-7-18(8-10-19)17-5-3-2-4-6-17/h7-10,13,16-17H,2-6,11-12,14-15H2,1H3. The van der Waals surface area contributed by atoms with Crippen LogP contribution >= 0.6 is 0 Å². The van der Waals surface area contributed by atoms with E-state index < -0.39 is 0 Å². The van der Waals surface area contributed by atoms with Crippen LogP contribution in [0, 0.1) is 5.92 Å². The van der Waals surface area contributed by atoms with Crippen LogP contribution in [0.4, 0.5) is 5.95 Å². The number of ether oxygens (including phenoxy) is 1. The van der Waals surface area contributed by atoms with E-state index in [1.807, 2.05) is 0 Å². The van der Waals surface area contributed by atoms with Crippen molar-refractivity contribution in [2.45, 2.75) is 44.4 Å². The summed E-state index contributed by atoms with van der Waals surface area (Å²) < 4.78 is 5.28. The van der Waals surface area contributed by atoms with E-state index in [0.717, 1.165) is 49.2 Å². The van der Waals surface area contributed by atoms with Crippen LogP contribution in [0.15, 0.2) is 30.5 Å². The van der Waals surface area contributed by atoms with Crippen LogP contribution in [0.2, 0.25) is 0 Å². The first-order valence-electron chi connectivity index (χ1n) is 9.87. The molecule has 2 aliphatic rings. The van der Waals surface area contributed by atoms with Crippen molar-refractivity contribution in [1.29, 1.82) is 0 Å². The zero-order valence-corrected chi connectivity index (χ0v) is 15.6. The summed E-state index contributed by atoms with van der Waals surface area (Å²) >= 11 is 0. The van der Waals surface area contributed by atoms with Crippen molar-refractivity contribution in [3.05, 3.63) is 36.0 Å². The fourth-order valence-electron chi connectivity index (χ4n) is 4.32. The molecule has 1 aliphatic heterocycles. The first kappa shape index (κ1) is 17.4. The van der Waals surface area contributed by atoms with E-state index in [2.05, 4.69) is 39.4 Å². The van der Waals surface area contributed by atoms with Crippen LogP contribution in [-0.2, 0) is 4.74 Å². The Kier molecular flexibility index (Phi) is 5.44. The number of benzene rings is 1. The van der Waals surface area contributed by atoms with Gasteiger partial charge in [0.25, 0.3) is 0 Å². The normalized spacial score (nSPS) is 21.3. The van der Waals surface area contributed by atoms with E-state index in [1.54, 1.807) is 13.3 Å². The van der Waals surface area contributed by atoms with E-state index >= 15 is 0 Å². The molecule has 0 amide bonds. The molecule has 1 aliphatic carbocycles. The molecule has 138 valence electrons. The number of hydrogen-bond donors (Lipinski definition) is 0. The summed E-state index contributed by atoms with van der Waals surface area (Å²) in [6.07, 6.45) is 9.67. The summed E-state index contributed by atoms with van der Waals surface area (Å²) in [6.45, 7) is 2.71. The van der Waals surface area contributed by atoms with Gasteiger partial charge in [-0.3, -0.25) is 0 Å². The maximum absolute atomic E-state index is 5.28. The van der Waals surface area contributed by atoms with E-state index in [1.165, 1.54) is 37.7 Å². The van der Waals surface area contributed by atoms with Crippen molar-refractivity contribution in [2.75, 3.05) is 31.7 Å². The van der Waals surface area contributed by atoms with Gasteiger partial charge in [-0.1, -0.05) is 43.5 Å². The highest BCUT2D eigenvalue weighted by atomic mass is 16.5. The Labute approximate surface area is 155 Å². The van der Waals surface area contributed by atoms with E-state index in [9.17, 15) is 0 Å². The lowest BCUT2D eigenvalue weighted by Gasteiger charge is -2.22. The summed E-state index contributed by atoms with van der Waals surface area (Å²) in [6, 6.07) is 8.93. The summed E-state index contributed by atoms with van der Waals surface area (Å²) in [5, 5.41) is 8.46. The third kappa shape index (κ3) is 3.88. The average Bonchev–Trinajstić information content (AvgIpc) is 3.18. The quantitative estimate of drug-likeness (QED) is 0.812. The van der Waals surface area contributed by atoms with Crippen molar-refractivity contribution in [2.24, 2.45) is 5.92 Å². The summed E-state index contributed by atoms with van der Waals surface area (Å²) in [4.78, 5) is 6.99. The zero-order valence-electron chi connectivity index (χ0n) is 15.6. The Balaban J connectivity index is 1.48. The van der Waals surface area contributed by atoms with Crippen molar-refractivity contribution in [3.63, 3.8) is 0 Å². The second kappa shape index (κ2) is 8.12. The molecular weight excluding hydrogens is 324 g/mol. The summed E-state index contributed by atoms with van der Waals surface area (Å²) in [7, 11) is 1.76. The fourth-order valence-corrected chi connectivity index (χ4v) is 4.32. The van der Waals surface area contributed by atoms with Crippen LogP contribution in [0.5, 0.6) is 0 Å². The third-order valence-electron chi connectivity index (χ3n) is 5.80. The smallest absolute Gasteiger partial charge is 0.245 e. The number of aromatic nitrogens is 3. The minimum absolute atomic E-state index is 0.557. The van der Waals surface area contributed by atoms with Crippen LogP contribution in [0.3, 0.4) is 0 Å². The fraction of sp³-hybridized carbons (Fsp3) is 0.571. The van der Waals surface area contributed by atoms with Gasteiger partial charge in [-0.15, -0.1) is 5.10 Å². The van der Waals surface area contributed by atoms with Crippen LogP contribution in [0.1, 0.15) is 50.0 Å². The molecule has 0 N–H and O–H groups in total. The average molecular weight is 352 g/mol. The van der Waals surface area contributed by atoms with Crippen LogP contribution < -0.4 is 4.90 Å². The molecule has 1 atom stereocenters. The third-order valence-corrected chi connectivity index (χ3v) is 5.80.